The van der Waals surface area contributed by atoms with E-state index in [1.165, 1.54) is 0 Å². The molecule has 0 fully saturated rings. The third-order valence-corrected chi connectivity index (χ3v) is 4.26. The molecule has 1 aliphatic carbocycles. The molecule has 0 saturated heterocycles. The van der Waals surface area contributed by atoms with Crippen molar-refractivity contribution in [2.24, 2.45) is 5.92 Å². The SMILES string of the molecule is N#CC1CCC(C(=O)O)Cc2onc(-c3ccc(Cl)cc3)c21. The maximum Gasteiger partial charge on any atom is 0.306 e. The molecular weight excluding hydrogens is 304 g/mol. The Hall–Kier alpha value is -2.32. The second-order valence-corrected chi connectivity index (χ2v) is 5.81. The zero-order valence-electron chi connectivity index (χ0n) is 11.6. The monoisotopic (exact) mass is 316 g/mol. The van der Waals surface area contributed by atoms with Gasteiger partial charge in [0.15, 0.2) is 0 Å². The molecule has 1 aromatic heterocycles. The van der Waals surface area contributed by atoms with Gasteiger partial charge >= 0.3 is 5.97 Å². The van der Waals surface area contributed by atoms with E-state index in [-0.39, 0.29) is 6.42 Å². The third kappa shape index (κ3) is 2.58. The first-order valence-corrected chi connectivity index (χ1v) is 7.34. The largest absolute Gasteiger partial charge is 0.481 e. The molecule has 5 nitrogen and oxygen atoms in total. The molecule has 2 unspecified atom stereocenters. The van der Waals surface area contributed by atoms with Gasteiger partial charge in [-0.2, -0.15) is 5.26 Å². The maximum absolute atomic E-state index is 11.3. The maximum atomic E-state index is 11.3. The van der Waals surface area contributed by atoms with Crippen LogP contribution in [0.1, 0.15) is 30.1 Å². The molecule has 1 aliphatic rings. The fraction of sp³-hybridized carbons (Fsp3) is 0.312. The Kier molecular flexibility index (Phi) is 3.86. The van der Waals surface area contributed by atoms with E-state index >= 15 is 0 Å². The predicted molar refractivity (Wildman–Crippen MR) is 79.4 cm³/mol. The molecule has 0 radical (unpaired) electrons. The van der Waals surface area contributed by atoms with Crippen LogP contribution in [0.2, 0.25) is 5.02 Å². The number of aliphatic carboxylic acids is 1. The fourth-order valence-corrected chi connectivity index (χ4v) is 2.96. The first-order valence-electron chi connectivity index (χ1n) is 6.97. The molecule has 1 heterocycles. The van der Waals surface area contributed by atoms with Crippen molar-refractivity contribution in [3.63, 3.8) is 0 Å². The molecule has 22 heavy (non-hydrogen) atoms. The van der Waals surface area contributed by atoms with E-state index in [9.17, 15) is 15.2 Å². The minimum Gasteiger partial charge on any atom is -0.481 e. The van der Waals surface area contributed by atoms with Crippen molar-refractivity contribution < 1.29 is 14.4 Å². The third-order valence-electron chi connectivity index (χ3n) is 4.01. The van der Waals surface area contributed by atoms with Crippen LogP contribution < -0.4 is 0 Å². The van der Waals surface area contributed by atoms with E-state index in [1.807, 2.05) is 12.1 Å². The number of aromatic nitrogens is 1. The fourth-order valence-electron chi connectivity index (χ4n) is 2.83. The van der Waals surface area contributed by atoms with Crippen LogP contribution in [0.4, 0.5) is 0 Å². The Morgan fingerprint density at radius 1 is 1.36 bits per heavy atom. The Morgan fingerprint density at radius 3 is 2.73 bits per heavy atom. The lowest BCUT2D eigenvalue weighted by atomic mass is 9.93. The number of carboxylic acids is 1. The number of hydrogen-bond donors (Lipinski definition) is 1. The number of rotatable bonds is 2. The van der Waals surface area contributed by atoms with Gasteiger partial charge in [0, 0.05) is 22.6 Å². The smallest absolute Gasteiger partial charge is 0.306 e. The molecule has 0 bridgehead atoms. The van der Waals surface area contributed by atoms with Gasteiger partial charge in [-0.15, -0.1) is 0 Å². The van der Waals surface area contributed by atoms with Crippen molar-refractivity contribution in [1.82, 2.24) is 5.16 Å². The molecule has 0 aliphatic heterocycles. The lowest BCUT2D eigenvalue weighted by Crippen LogP contribution is -2.15. The number of carbonyl (C=O) groups is 1. The standard InChI is InChI=1S/C16H13ClN2O3/c17-12-5-3-9(4-6-12)15-14-11(8-18)2-1-10(16(20)21)7-13(14)22-19-15/h3-6,10-11H,1-2,7H2,(H,20,21). The van der Waals surface area contributed by atoms with E-state index in [0.717, 1.165) is 5.56 Å². The van der Waals surface area contributed by atoms with E-state index in [4.69, 9.17) is 16.1 Å². The molecule has 6 heteroatoms. The quantitative estimate of drug-likeness (QED) is 0.855. The normalized spacial score (nSPS) is 20.7. The van der Waals surface area contributed by atoms with Gasteiger partial charge in [-0.1, -0.05) is 28.9 Å². The molecule has 3 rings (SSSR count). The van der Waals surface area contributed by atoms with Crippen LogP contribution in [0.25, 0.3) is 11.3 Å². The van der Waals surface area contributed by atoms with Crippen LogP contribution in [0.15, 0.2) is 28.8 Å². The Bertz CT molecular complexity index is 746. The number of carboxylic acid groups (broad SMARTS) is 1. The Labute approximate surface area is 132 Å². The van der Waals surface area contributed by atoms with Crippen molar-refractivity contribution in [3.8, 4) is 17.3 Å². The molecule has 2 aromatic rings. The molecule has 1 N–H and O–H groups in total. The summed E-state index contributed by atoms with van der Waals surface area (Å²) < 4.78 is 5.37. The van der Waals surface area contributed by atoms with E-state index in [0.29, 0.717) is 34.9 Å². The summed E-state index contributed by atoms with van der Waals surface area (Å²) in [6.45, 7) is 0. The van der Waals surface area contributed by atoms with Crippen molar-refractivity contribution >= 4 is 17.6 Å². The summed E-state index contributed by atoms with van der Waals surface area (Å²) in [5.74, 6) is -1.31. The summed E-state index contributed by atoms with van der Waals surface area (Å²) in [6, 6.07) is 9.37. The Balaban J connectivity index is 2.07. The summed E-state index contributed by atoms with van der Waals surface area (Å²) >= 11 is 5.89. The van der Waals surface area contributed by atoms with Gasteiger partial charge in [-0.25, -0.2) is 0 Å². The average molecular weight is 317 g/mol. The zero-order valence-corrected chi connectivity index (χ0v) is 12.4. The number of benzene rings is 1. The van der Waals surface area contributed by atoms with Crippen LogP contribution in [0.3, 0.4) is 0 Å². The highest BCUT2D eigenvalue weighted by Gasteiger charge is 2.33. The summed E-state index contributed by atoms with van der Waals surface area (Å²) in [5, 5.41) is 23.4. The Morgan fingerprint density at radius 2 is 2.09 bits per heavy atom. The molecule has 112 valence electrons. The second-order valence-electron chi connectivity index (χ2n) is 5.37. The van der Waals surface area contributed by atoms with Crippen LogP contribution in [-0.4, -0.2) is 16.2 Å². The highest BCUT2D eigenvalue weighted by atomic mass is 35.5. The van der Waals surface area contributed by atoms with Crippen molar-refractivity contribution in [2.75, 3.05) is 0 Å². The first kappa shape index (κ1) is 14.6. The minimum absolute atomic E-state index is 0.267. The highest BCUT2D eigenvalue weighted by Crippen LogP contribution is 2.39. The van der Waals surface area contributed by atoms with E-state index in [1.54, 1.807) is 12.1 Å². The van der Waals surface area contributed by atoms with E-state index < -0.39 is 17.8 Å². The predicted octanol–water partition coefficient (Wildman–Crippen LogP) is 3.64. The van der Waals surface area contributed by atoms with Gasteiger partial charge < -0.3 is 9.63 Å². The van der Waals surface area contributed by atoms with Crippen molar-refractivity contribution in [1.29, 1.82) is 5.26 Å². The number of halogens is 1. The second kappa shape index (κ2) is 5.82. The lowest BCUT2D eigenvalue weighted by Gasteiger charge is -2.08. The molecule has 0 amide bonds. The molecular formula is C16H13ClN2O3. The number of nitrogens with zero attached hydrogens (tertiary/aromatic N) is 2. The minimum atomic E-state index is -0.867. The van der Waals surface area contributed by atoms with Gasteiger partial charge in [-0.3, -0.25) is 4.79 Å². The van der Waals surface area contributed by atoms with Crippen molar-refractivity contribution in [3.05, 3.63) is 40.6 Å². The van der Waals surface area contributed by atoms with Crippen molar-refractivity contribution in [2.45, 2.75) is 25.2 Å². The van der Waals surface area contributed by atoms with Gasteiger partial charge in [0.05, 0.1) is 17.9 Å². The molecule has 2 atom stereocenters. The summed E-state index contributed by atoms with van der Waals surface area (Å²) in [5.41, 5.74) is 2.13. The van der Waals surface area contributed by atoms with Crippen LogP contribution in [0.5, 0.6) is 0 Å². The highest BCUT2D eigenvalue weighted by molar-refractivity contribution is 6.30. The van der Waals surface area contributed by atoms with Gasteiger partial charge in [-0.05, 0) is 25.0 Å². The number of fused-ring (bicyclic) bond motifs is 1. The molecule has 1 aromatic carbocycles. The molecule has 0 saturated carbocycles. The summed E-state index contributed by atoms with van der Waals surface area (Å²) in [6.07, 6.45) is 1.21. The average Bonchev–Trinajstić information content (AvgIpc) is 2.82. The lowest BCUT2D eigenvalue weighted by molar-refractivity contribution is -0.142. The summed E-state index contributed by atoms with van der Waals surface area (Å²) in [7, 11) is 0. The summed E-state index contributed by atoms with van der Waals surface area (Å²) in [4.78, 5) is 11.3. The topological polar surface area (TPSA) is 87.1 Å². The number of nitriles is 1. The van der Waals surface area contributed by atoms with Crippen LogP contribution >= 0.6 is 11.6 Å². The van der Waals surface area contributed by atoms with Gasteiger partial charge in [0.1, 0.15) is 11.5 Å². The van der Waals surface area contributed by atoms with Gasteiger partial charge in [0.25, 0.3) is 0 Å². The zero-order chi connectivity index (χ0) is 15.7. The van der Waals surface area contributed by atoms with E-state index in [2.05, 4.69) is 11.2 Å². The molecule has 0 spiro atoms. The number of hydrogen-bond acceptors (Lipinski definition) is 4. The van der Waals surface area contributed by atoms with Crippen LogP contribution in [-0.2, 0) is 11.2 Å². The first-order chi connectivity index (χ1) is 10.6. The van der Waals surface area contributed by atoms with Crippen LogP contribution in [0, 0.1) is 17.2 Å². The van der Waals surface area contributed by atoms with Gasteiger partial charge in [0.2, 0.25) is 0 Å².